The van der Waals surface area contributed by atoms with E-state index >= 15 is 0 Å². The summed E-state index contributed by atoms with van der Waals surface area (Å²) in [5.41, 5.74) is 5.84. The van der Waals surface area contributed by atoms with Gasteiger partial charge in [-0.05, 0) is 50.9 Å². The van der Waals surface area contributed by atoms with Crippen LogP contribution >= 0.6 is 0 Å². The normalized spacial score (nSPS) is 38.0. The summed E-state index contributed by atoms with van der Waals surface area (Å²) in [6.07, 6.45) is 8.80. The molecule has 2 aliphatic rings. The van der Waals surface area contributed by atoms with Gasteiger partial charge < -0.3 is 10.5 Å². The van der Waals surface area contributed by atoms with Crippen molar-refractivity contribution in [3.05, 3.63) is 0 Å². The Labute approximate surface area is 104 Å². The van der Waals surface area contributed by atoms with Crippen LogP contribution in [-0.2, 0) is 9.53 Å². The maximum absolute atomic E-state index is 12.0. The third-order valence-electron chi connectivity index (χ3n) is 4.44. The van der Waals surface area contributed by atoms with Gasteiger partial charge in [0.05, 0.1) is 5.92 Å². The Kier molecular flexibility index (Phi) is 4.43. The maximum atomic E-state index is 12.0. The highest BCUT2D eigenvalue weighted by Crippen LogP contribution is 2.32. The molecule has 0 radical (unpaired) electrons. The molecule has 0 aromatic carbocycles. The Bertz CT molecular complexity index is 267. The fourth-order valence-corrected chi connectivity index (χ4v) is 3.27. The first-order chi connectivity index (χ1) is 8.20. The van der Waals surface area contributed by atoms with Gasteiger partial charge in [0.15, 0.2) is 0 Å². The molecule has 0 aromatic heterocycles. The van der Waals surface area contributed by atoms with Crippen LogP contribution < -0.4 is 5.73 Å². The molecular weight excluding hydrogens is 214 g/mol. The number of rotatable bonds is 3. The third kappa shape index (κ3) is 3.21. The molecule has 3 heteroatoms. The van der Waals surface area contributed by atoms with Crippen molar-refractivity contribution in [2.24, 2.45) is 17.6 Å². The minimum absolute atomic E-state index is 0.0169. The van der Waals surface area contributed by atoms with Crippen molar-refractivity contribution in [2.75, 3.05) is 0 Å². The molecule has 17 heavy (non-hydrogen) atoms. The number of nitrogens with two attached hydrogens (primary N) is 1. The monoisotopic (exact) mass is 239 g/mol. The van der Waals surface area contributed by atoms with E-state index in [-0.39, 0.29) is 24.0 Å². The molecule has 2 fully saturated rings. The van der Waals surface area contributed by atoms with E-state index in [2.05, 4.69) is 6.92 Å². The summed E-state index contributed by atoms with van der Waals surface area (Å²) in [6.45, 7) is 2.20. The smallest absolute Gasteiger partial charge is 0.309 e. The van der Waals surface area contributed by atoms with E-state index in [4.69, 9.17) is 10.5 Å². The van der Waals surface area contributed by atoms with E-state index in [1.165, 1.54) is 19.3 Å². The molecule has 0 amide bonds. The average Bonchev–Trinajstić information content (AvgIpc) is 2.77. The Morgan fingerprint density at radius 2 is 2.00 bits per heavy atom. The quantitative estimate of drug-likeness (QED) is 0.770. The second-order valence-electron chi connectivity index (χ2n) is 5.70. The Morgan fingerprint density at radius 1 is 1.24 bits per heavy atom. The number of carbonyl (C=O) groups excluding carboxylic acids is 1. The fraction of sp³-hybridized carbons (Fsp3) is 0.929. The van der Waals surface area contributed by atoms with Crippen LogP contribution in [0.5, 0.6) is 0 Å². The Balaban J connectivity index is 1.84. The molecule has 4 atom stereocenters. The minimum atomic E-state index is 0.0169. The summed E-state index contributed by atoms with van der Waals surface area (Å²) in [4.78, 5) is 12.0. The first-order valence-corrected chi connectivity index (χ1v) is 7.16. The highest BCUT2D eigenvalue weighted by Gasteiger charge is 2.33. The van der Waals surface area contributed by atoms with Crippen LogP contribution in [0.4, 0.5) is 0 Å². The van der Waals surface area contributed by atoms with Crippen LogP contribution in [0.15, 0.2) is 0 Å². The zero-order chi connectivity index (χ0) is 12.3. The molecule has 2 saturated carbocycles. The number of hydrogen-bond acceptors (Lipinski definition) is 3. The minimum Gasteiger partial charge on any atom is -0.462 e. The molecule has 3 nitrogen and oxygen atoms in total. The third-order valence-corrected chi connectivity index (χ3v) is 4.44. The summed E-state index contributed by atoms with van der Waals surface area (Å²) in [5, 5.41) is 0. The molecule has 2 N–H and O–H groups in total. The molecule has 98 valence electrons. The van der Waals surface area contributed by atoms with E-state index in [0.717, 1.165) is 32.1 Å². The molecule has 0 saturated heterocycles. The summed E-state index contributed by atoms with van der Waals surface area (Å²) in [5.74, 6) is 0.676. The van der Waals surface area contributed by atoms with Gasteiger partial charge in [-0.3, -0.25) is 4.79 Å². The van der Waals surface area contributed by atoms with Crippen molar-refractivity contribution < 1.29 is 9.53 Å². The van der Waals surface area contributed by atoms with Crippen molar-refractivity contribution in [2.45, 2.75) is 70.4 Å². The molecule has 0 heterocycles. The first-order valence-electron chi connectivity index (χ1n) is 7.16. The molecule has 0 aromatic rings. The topological polar surface area (TPSA) is 52.3 Å². The van der Waals surface area contributed by atoms with E-state index in [0.29, 0.717) is 5.92 Å². The van der Waals surface area contributed by atoms with Crippen LogP contribution in [0, 0.1) is 11.8 Å². The van der Waals surface area contributed by atoms with E-state index in [9.17, 15) is 4.79 Å². The highest BCUT2D eigenvalue weighted by atomic mass is 16.5. The molecule has 4 unspecified atom stereocenters. The average molecular weight is 239 g/mol. The molecule has 0 bridgehead atoms. The second kappa shape index (κ2) is 5.85. The number of esters is 1. The fourth-order valence-electron chi connectivity index (χ4n) is 3.27. The van der Waals surface area contributed by atoms with Crippen LogP contribution in [0.2, 0.25) is 0 Å². The lowest BCUT2D eigenvalue weighted by molar-refractivity contribution is -0.158. The molecule has 0 spiro atoms. The summed E-state index contributed by atoms with van der Waals surface area (Å²) in [7, 11) is 0. The van der Waals surface area contributed by atoms with Crippen molar-refractivity contribution in [3.63, 3.8) is 0 Å². The lowest BCUT2D eigenvalue weighted by Gasteiger charge is -2.31. The SMILES string of the molecule is CCC1CCCCC1OC(=O)C1CCC(N)C1. The lowest BCUT2D eigenvalue weighted by Crippen LogP contribution is -2.32. The van der Waals surface area contributed by atoms with Gasteiger partial charge in [0.2, 0.25) is 0 Å². The van der Waals surface area contributed by atoms with Crippen LogP contribution in [0.25, 0.3) is 0 Å². The van der Waals surface area contributed by atoms with Gasteiger partial charge in [-0.2, -0.15) is 0 Å². The largest absolute Gasteiger partial charge is 0.462 e. The van der Waals surface area contributed by atoms with Crippen LogP contribution in [0.1, 0.15) is 58.3 Å². The second-order valence-corrected chi connectivity index (χ2v) is 5.70. The summed E-state index contributed by atoms with van der Waals surface area (Å²) >= 11 is 0. The zero-order valence-corrected chi connectivity index (χ0v) is 10.9. The van der Waals surface area contributed by atoms with Crippen LogP contribution in [-0.4, -0.2) is 18.1 Å². The molecular formula is C14H25NO2. The lowest BCUT2D eigenvalue weighted by atomic mass is 9.84. The molecule has 2 rings (SSSR count). The molecule has 2 aliphatic carbocycles. The van der Waals surface area contributed by atoms with Gasteiger partial charge in [0.25, 0.3) is 0 Å². The zero-order valence-electron chi connectivity index (χ0n) is 10.9. The van der Waals surface area contributed by atoms with Crippen molar-refractivity contribution in [1.29, 1.82) is 0 Å². The van der Waals surface area contributed by atoms with Crippen molar-refractivity contribution in [3.8, 4) is 0 Å². The van der Waals surface area contributed by atoms with Crippen molar-refractivity contribution in [1.82, 2.24) is 0 Å². The van der Waals surface area contributed by atoms with Crippen molar-refractivity contribution >= 4 is 5.97 Å². The number of hydrogen-bond donors (Lipinski definition) is 1. The van der Waals surface area contributed by atoms with Gasteiger partial charge in [0, 0.05) is 6.04 Å². The highest BCUT2D eigenvalue weighted by molar-refractivity contribution is 5.73. The predicted molar refractivity (Wildman–Crippen MR) is 67.4 cm³/mol. The standard InChI is InChI=1S/C14H25NO2/c1-2-10-5-3-4-6-13(10)17-14(16)11-7-8-12(15)9-11/h10-13H,2-9,15H2,1H3. The van der Waals surface area contributed by atoms with E-state index < -0.39 is 0 Å². The van der Waals surface area contributed by atoms with E-state index in [1.807, 2.05) is 0 Å². The summed E-state index contributed by atoms with van der Waals surface area (Å²) in [6, 6.07) is 0.209. The van der Waals surface area contributed by atoms with Gasteiger partial charge >= 0.3 is 5.97 Å². The Hall–Kier alpha value is -0.570. The van der Waals surface area contributed by atoms with E-state index in [1.54, 1.807) is 0 Å². The first kappa shape index (κ1) is 12.9. The van der Waals surface area contributed by atoms with Gasteiger partial charge in [0.1, 0.15) is 6.10 Å². The van der Waals surface area contributed by atoms with Crippen LogP contribution in [0.3, 0.4) is 0 Å². The molecule has 0 aliphatic heterocycles. The maximum Gasteiger partial charge on any atom is 0.309 e. The van der Waals surface area contributed by atoms with Gasteiger partial charge in [-0.1, -0.05) is 13.3 Å². The number of ether oxygens (including phenoxy) is 1. The Morgan fingerprint density at radius 3 is 2.65 bits per heavy atom. The number of carbonyl (C=O) groups is 1. The van der Waals surface area contributed by atoms with Gasteiger partial charge in [-0.25, -0.2) is 0 Å². The predicted octanol–water partition coefficient (Wildman–Crippen LogP) is 2.63. The summed E-state index contributed by atoms with van der Waals surface area (Å²) < 4.78 is 5.73. The van der Waals surface area contributed by atoms with Gasteiger partial charge in [-0.15, -0.1) is 0 Å².